The molecule has 3 rings (SSSR count). The lowest BCUT2D eigenvalue weighted by molar-refractivity contribution is -0.136. The van der Waals surface area contributed by atoms with Crippen molar-refractivity contribution in [2.75, 3.05) is 7.11 Å². The zero-order chi connectivity index (χ0) is 12.5. The summed E-state index contributed by atoms with van der Waals surface area (Å²) in [6.07, 6.45) is 7.52. The highest BCUT2D eigenvalue weighted by atomic mass is 16.5. The van der Waals surface area contributed by atoms with Crippen molar-refractivity contribution in [1.82, 2.24) is 0 Å². The topological polar surface area (TPSA) is 26.3 Å². The Morgan fingerprint density at radius 3 is 2.72 bits per heavy atom. The molecular formula is C16H16O2. The van der Waals surface area contributed by atoms with Gasteiger partial charge >= 0.3 is 5.97 Å². The van der Waals surface area contributed by atoms with Gasteiger partial charge in [0.25, 0.3) is 0 Å². The second-order valence-electron chi connectivity index (χ2n) is 4.94. The van der Waals surface area contributed by atoms with Gasteiger partial charge in [-0.05, 0) is 17.9 Å². The number of carbonyl (C=O) groups excluding carboxylic acids is 1. The van der Waals surface area contributed by atoms with Crippen LogP contribution in [0.4, 0.5) is 0 Å². The van der Waals surface area contributed by atoms with Gasteiger partial charge < -0.3 is 4.74 Å². The molecule has 0 spiro atoms. The number of carbonyl (C=O) groups is 1. The molecule has 2 aliphatic rings. The highest BCUT2D eigenvalue weighted by molar-refractivity contribution is 5.90. The minimum Gasteiger partial charge on any atom is -0.466 e. The second-order valence-corrected chi connectivity index (χ2v) is 4.94. The summed E-state index contributed by atoms with van der Waals surface area (Å²) in [5.74, 6) is 0.884. The van der Waals surface area contributed by atoms with Crippen LogP contribution < -0.4 is 0 Å². The summed E-state index contributed by atoms with van der Waals surface area (Å²) in [5, 5.41) is 0. The number of fused-ring (bicyclic) bond motifs is 2. The minimum atomic E-state index is -0.189. The summed E-state index contributed by atoms with van der Waals surface area (Å²) < 4.78 is 4.88. The first-order chi connectivity index (χ1) is 8.79. The first-order valence-electron chi connectivity index (χ1n) is 6.33. The zero-order valence-corrected chi connectivity index (χ0v) is 10.4. The van der Waals surface area contributed by atoms with E-state index in [9.17, 15) is 4.79 Å². The Labute approximate surface area is 107 Å². The molecule has 0 aliphatic heterocycles. The van der Waals surface area contributed by atoms with E-state index >= 15 is 0 Å². The van der Waals surface area contributed by atoms with Crippen molar-refractivity contribution in [3.8, 4) is 0 Å². The van der Waals surface area contributed by atoms with Gasteiger partial charge in [-0.1, -0.05) is 48.6 Å². The fourth-order valence-corrected chi connectivity index (χ4v) is 3.02. The van der Waals surface area contributed by atoms with Crippen LogP contribution in [0.1, 0.15) is 17.9 Å². The van der Waals surface area contributed by atoms with Gasteiger partial charge in [0.2, 0.25) is 0 Å². The first kappa shape index (κ1) is 11.3. The van der Waals surface area contributed by atoms with Gasteiger partial charge in [0.15, 0.2) is 0 Å². The molecule has 1 aromatic rings. The van der Waals surface area contributed by atoms with Crippen LogP contribution in [0.3, 0.4) is 0 Å². The summed E-state index contributed by atoms with van der Waals surface area (Å²) >= 11 is 0. The van der Waals surface area contributed by atoms with Crippen molar-refractivity contribution < 1.29 is 9.53 Å². The van der Waals surface area contributed by atoms with Crippen molar-refractivity contribution in [2.24, 2.45) is 11.8 Å². The molecule has 0 aromatic heterocycles. The van der Waals surface area contributed by atoms with E-state index in [-0.39, 0.29) is 11.9 Å². The number of ether oxygens (including phenoxy) is 1. The summed E-state index contributed by atoms with van der Waals surface area (Å²) in [6.45, 7) is 0. The maximum atomic E-state index is 11.8. The van der Waals surface area contributed by atoms with E-state index in [1.54, 1.807) is 0 Å². The number of hydrogen-bond donors (Lipinski definition) is 0. The zero-order valence-electron chi connectivity index (χ0n) is 10.4. The van der Waals surface area contributed by atoms with Crippen molar-refractivity contribution in [3.05, 3.63) is 59.7 Å². The Morgan fingerprint density at radius 2 is 2.00 bits per heavy atom. The van der Waals surface area contributed by atoms with Gasteiger partial charge in [0.1, 0.15) is 0 Å². The molecule has 18 heavy (non-hydrogen) atoms. The molecule has 0 heterocycles. The molecule has 0 N–H and O–H groups in total. The van der Waals surface area contributed by atoms with Gasteiger partial charge in [-0.25, -0.2) is 4.79 Å². The summed E-state index contributed by atoms with van der Waals surface area (Å²) in [5.41, 5.74) is 2.09. The molecule has 1 aromatic carbocycles. The third kappa shape index (κ3) is 1.78. The predicted octanol–water partition coefficient (Wildman–Crippen LogP) is 3.08. The van der Waals surface area contributed by atoms with E-state index in [4.69, 9.17) is 4.74 Å². The van der Waals surface area contributed by atoms with Gasteiger partial charge in [-0.3, -0.25) is 0 Å². The van der Waals surface area contributed by atoms with Crippen molar-refractivity contribution in [3.63, 3.8) is 0 Å². The molecule has 0 saturated carbocycles. The SMILES string of the molecule is COC(=O)C1=C[C@@H](c2ccccc2)C2C=C[C@@H]1C2. The minimum absolute atomic E-state index is 0.189. The number of benzene rings is 1. The quantitative estimate of drug-likeness (QED) is 0.586. The Kier molecular flexibility index (Phi) is 2.78. The van der Waals surface area contributed by atoms with Gasteiger partial charge in [0.05, 0.1) is 7.11 Å². The molecule has 1 unspecified atom stereocenters. The number of methoxy groups -OCH3 is 1. The van der Waals surface area contributed by atoms with Crippen molar-refractivity contribution >= 4 is 5.97 Å². The smallest absolute Gasteiger partial charge is 0.334 e. The summed E-state index contributed by atoms with van der Waals surface area (Å²) in [6, 6.07) is 10.4. The van der Waals surface area contributed by atoms with Gasteiger partial charge in [0, 0.05) is 17.4 Å². The van der Waals surface area contributed by atoms with Crippen LogP contribution in [0.5, 0.6) is 0 Å². The molecule has 0 saturated heterocycles. The third-order valence-corrected chi connectivity index (χ3v) is 3.94. The van der Waals surface area contributed by atoms with E-state index < -0.39 is 0 Å². The molecule has 2 nitrogen and oxygen atoms in total. The van der Waals surface area contributed by atoms with E-state index in [0.29, 0.717) is 11.8 Å². The van der Waals surface area contributed by atoms with E-state index in [2.05, 4.69) is 30.4 Å². The van der Waals surface area contributed by atoms with E-state index in [1.165, 1.54) is 12.7 Å². The standard InChI is InChI=1S/C16H16O2/c1-18-16(17)15-10-14(11-5-3-2-4-6-11)12-7-8-13(15)9-12/h2-8,10,12-14H,9H2,1H3/t12?,13-,14+/m1/s1. The highest BCUT2D eigenvalue weighted by Gasteiger charge is 2.36. The lowest BCUT2D eigenvalue weighted by Gasteiger charge is -2.27. The molecule has 2 heteroatoms. The molecule has 2 aliphatic carbocycles. The van der Waals surface area contributed by atoms with Crippen LogP contribution in [0.25, 0.3) is 0 Å². The number of allylic oxidation sites excluding steroid dienone is 3. The van der Waals surface area contributed by atoms with Crippen molar-refractivity contribution in [2.45, 2.75) is 12.3 Å². The first-order valence-corrected chi connectivity index (χ1v) is 6.33. The second kappa shape index (κ2) is 4.45. The maximum absolute atomic E-state index is 11.8. The van der Waals surface area contributed by atoms with Crippen LogP contribution >= 0.6 is 0 Å². The number of esters is 1. The lowest BCUT2D eigenvalue weighted by Crippen LogP contribution is -2.21. The van der Waals surface area contributed by atoms with Crippen molar-refractivity contribution in [1.29, 1.82) is 0 Å². The Balaban J connectivity index is 2.00. The monoisotopic (exact) mass is 240 g/mol. The highest BCUT2D eigenvalue weighted by Crippen LogP contribution is 2.44. The summed E-state index contributed by atoms with van der Waals surface area (Å²) in [4.78, 5) is 11.8. The summed E-state index contributed by atoms with van der Waals surface area (Å²) in [7, 11) is 1.45. The van der Waals surface area contributed by atoms with E-state index in [1.807, 2.05) is 18.2 Å². The lowest BCUT2D eigenvalue weighted by atomic mass is 9.77. The normalized spacial score (nSPS) is 28.9. The molecule has 0 amide bonds. The molecule has 3 atom stereocenters. The van der Waals surface area contributed by atoms with E-state index in [0.717, 1.165) is 12.0 Å². The molecule has 0 radical (unpaired) electrons. The Hall–Kier alpha value is -1.83. The fraction of sp³-hybridized carbons (Fsp3) is 0.312. The van der Waals surface area contributed by atoms with Crippen LogP contribution in [0.15, 0.2) is 54.1 Å². The fourth-order valence-electron chi connectivity index (χ4n) is 3.02. The van der Waals surface area contributed by atoms with Crippen LogP contribution in [-0.4, -0.2) is 13.1 Å². The molecule has 92 valence electrons. The number of rotatable bonds is 2. The van der Waals surface area contributed by atoms with Crippen LogP contribution in [-0.2, 0) is 9.53 Å². The predicted molar refractivity (Wildman–Crippen MR) is 70.0 cm³/mol. The molecule has 0 fully saturated rings. The van der Waals surface area contributed by atoms with Gasteiger partial charge in [-0.2, -0.15) is 0 Å². The largest absolute Gasteiger partial charge is 0.466 e. The molecule has 2 bridgehead atoms. The van der Waals surface area contributed by atoms with Crippen LogP contribution in [0, 0.1) is 11.8 Å². The van der Waals surface area contributed by atoms with Crippen LogP contribution in [0.2, 0.25) is 0 Å². The average molecular weight is 240 g/mol. The Bertz CT molecular complexity index is 513. The third-order valence-electron chi connectivity index (χ3n) is 3.94. The molecular weight excluding hydrogens is 224 g/mol. The number of hydrogen-bond acceptors (Lipinski definition) is 2. The van der Waals surface area contributed by atoms with Gasteiger partial charge in [-0.15, -0.1) is 0 Å². The maximum Gasteiger partial charge on any atom is 0.334 e. The Morgan fingerprint density at radius 1 is 1.22 bits per heavy atom. The average Bonchev–Trinajstić information content (AvgIpc) is 2.83.